The number of ether oxygens (including phenoxy) is 2. The number of fused-ring (bicyclic) bond motifs is 1. The van der Waals surface area contributed by atoms with E-state index in [-0.39, 0.29) is 0 Å². The van der Waals surface area contributed by atoms with E-state index < -0.39 is 0 Å². The van der Waals surface area contributed by atoms with Gasteiger partial charge in [0.1, 0.15) is 13.2 Å². The summed E-state index contributed by atoms with van der Waals surface area (Å²) >= 11 is 0. The van der Waals surface area contributed by atoms with E-state index in [1.165, 1.54) is 0 Å². The molecule has 0 amide bonds. The second kappa shape index (κ2) is 4.70. The van der Waals surface area contributed by atoms with E-state index in [1.54, 1.807) is 0 Å². The first-order valence-electron chi connectivity index (χ1n) is 6.26. The molecule has 94 valence electrons. The molecule has 1 aliphatic heterocycles. The summed E-state index contributed by atoms with van der Waals surface area (Å²) in [7, 11) is 0. The lowest BCUT2D eigenvalue weighted by atomic mass is 9.96. The van der Waals surface area contributed by atoms with E-state index in [0.717, 1.165) is 33.8 Å². The fraction of sp³-hybridized carbons (Fsp3) is 0.176. The van der Waals surface area contributed by atoms with Gasteiger partial charge in [-0.05, 0) is 41.8 Å². The number of benzene rings is 2. The first-order valence-corrected chi connectivity index (χ1v) is 6.26. The van der Waals surface area contributed by atoms with Gasteiger partial charge in [0.2, 0.25) is 0 Å². The molecule has 0 atom stereocenters. The highest BCUT2D eigenvalue weighted by Gasteiger charge is 2.13. The van der Waals surface area contributed by atoms with E-state index in [4.69, 9.17) is 15.9 Å². The monoisotopic (exact) mass is 250 g/mol. The van der Waals surface area contributed by atoms with Crippen molar-refractivity contribution in [2.75, 3.05) is 13.2 Å². The van der Waals surface area contributed by atoms with Gasteiger partial charge in [-0.15, -0.1) is 6.42 Å². The Hall–Kier alpha value is -2.40. The molecule has 0 unspecified atom stereocenters. The minimum absolute atomic E-state index is 0.597. The lowest BCUT2D eigenvalue weighted by Crippen LogP contribution is -2.15. The first kappa shape index (κ1) is 11.7. The molecule has 0 spiro atoms. The van der Waals surface area contributed by atoms with Crippen LogP contribution in [0.2, 0.25) is 0 Å². The zero-order chi connectivity index (χ0) is 13.2. The van der Waals surface area contributed by atoms with Crippen LogP contribution in [0.5, 0.6) is 11.5 Å². The molecule has 2 heteroatoms. The van der Waals surface area contributed by atoms with Gasteiger partial charge in [0.15, 0.2) is 11.5 Å². The predicted octanol–water partition coefficient (Wildman–Crippen LogP) is 3.41. The molecular formula is C17H14O2. The van der Waals surface area contributed by atoms with Crippen LogP contribution >= 0.6 is 0 Å². The molecule has 0 saturated carbocycles. The molecule has 0 N–H and O–H groups in total. The van der Waals surface area contributed by atoms with Crippen LogP contribution in [-0.4, -0.2) is 13.2 Å². The Kier molecular flexibility index (Phi) is 2.89. The Morgan fingerprint density at radius 1 is 1.05 bits per heavy atom. The number of terminal acetylenes is 1. The van der Waals surface area contributed by atoms with Gasteiger partial charge >= 0.3 is 0 Å². The fourth-order valence-electron chi connectivity index (χ4n) is 2.32. The quantitative estimate of drug-likeness (QED) is 0.722. The SMILES string of the molecule is C#Cc1cccc(-c2ccc3c(c2)OCCO3)c1C. The summed E-state index contributed by atoms with van der Waals surface area (Å²) in [5.41, 5.74) is 4.26. The molecule has 2 aromatic rings. The molecular weight excluding hydrogens is 236 g/mol. The Bertz CT molecular complexity index is 665. The van der Waals surface area contributed by atoms with E-state index in [0.29, 0.717) is 13.2 Å². The summed E-state index contributed by atoms with van der Waals surface area (Å²) in [5.74, 6) is 4.32. The molecule has 0 fully saturated rings. The summed E-state index contributed by atoms with van der Waals surface area (Å²) in [5, 5.41) is 0. The zero-order valence-electron chi connectivity index (χ0n) is 10.8. The number of hydrogen-bond acceptors (Lipinski definition) is 2. The summed E-state index contributed by atoms with van der Waals surface area (Å²) in [6.07, 6.45) is 5.51. The maximum Gasteiger partial charge on any atom is 0.161 e. The Morgan fingerprint density at radius 2 is 1.84 bits per heavy atom. The smallest absolute Gasteiger partial charge is 0.161 e. The molecule has 19 heavy (non-hydrogen) atoms. The molecule has 1 aliphatic rings. The van der Waals surface area contributed by atoms with Crippen molar-refractivity contribution in [2.24, 2.45) is 0 Å². The van der Waals surface area contributed by atoms with Crippen LogP contribution in [0.3, 0.4) is 0 Å². The van der Waals surface area contributed by atoms with Gasteiger partial charge in [0, 0.05) is 5.56 Å². The number of hydrogen-bond donors (Lipinski definition) is 0. The molecule has 1 heterocycles. The molecule has 0 aliphatic carbocycles. The van der Waals surface area contributed by atoms with E-state index in [1.807, 2.05) is 37.3 Å². The van der Waals surface area contributed by atoms with E-state index in [2.05, 4.69) is 12.0 Å². The summed E-state index contributed by atoms with van der Waals surface area (Å²) < 4.78 is 11.1. The van der Waals surface area contributed by atoms with Crippen molar-refractivity contribution in [3.8, 4) is 35.0 Å². The van der Waals surface area contributed by atoms with Crippen molar-refractivity contribution in [1.29, 1.82) is 0 Å². The summed E-state index contributed by atoms with van der Waals surface area (Å²) in [6, 6.07) is 12.0. The molecule has 0 aromatic heterocycles. The van der Waals surface area contributed by atoms with Crippen LogP contribution < -0.4 is 9.47 Å². The van der Waals surface area contributed by atoms with Crippen LogP contribution in [0.4, 0.5) is 0 Å². The van der Waals surface area contributed by atoms with Crippen molar-refractivity contribution in [2.45, 2.75) is 6.92 Å². The second-order valence-electron chi connectivity index (χ2n) is 4.48. The minimum Gasteiger partial charge on any atom is -0.486 e. The van der Waals surface area contributed by atoms with Crippen molar-refractivity contribution in [3.05, 3.63) is 47.5 Å². The maximum absolute atomic E-state index is 5.62. The highest BCUT2D eigenvalue weighted by Crippen LogP contribution is 2.35. The van der Waals surface area contributed by atoms with E-state index >= 15 is 0 Å². The van der Waals surface area contributed by atoms with Crippen LogP contribution in [0.1, 0.15) is 11.1 Å². The number of rotatable bonds is 1. The Balaban J connectivity index is 2.10. The van der Waals surface area contributed by atoms with Crippen molar-refractivity contribution in [1.82, 2.24) is 0 Å². The molecule has 3 rings (SSSR count). The van der Waals surface area contributed by atoms with Gasteiger partial charge < -0.3 is 9.47 Å². The van der Waals surface area contributed by atoms with Gasteiger partial charge in [0.25, 0.3) is 0 Å². The van der Waals surface area contributed by atoms with Crippen LogP contribution in [0, 0.1) is 19.3 Å². The lowest BCUT2D eigenvalue weighted by molar-refractivity contribution is 0.171. The van der Waals surface area contributed by atoms with Crippen molar-refractivity contribution in [3.63, 3.8) is 0 Å². The van der Waals surface area contributed by atoms with Crippen molar-refractivity contribution < 1.29 is 9.47 Å². The van der Waals surface area contributed by atoms with Gasteiger partial charge in [-0.1, -0.05) is 24.1 Å². The third-order valence-corrected chi connectivity index (χ3v) is 3.34. The Morgan fingerprint density at radius 3 is 2.63 bits per heavy atom. The summed E-state index contributed by atoms with van der Waals surface area (Å²) in [6.45, 7) is 3.25. The Labute approximate surface area is 113 Å². The largest absolute Gasteiger partial charge is 0.486 e. The van der Waals surface area contributed by atoms with Gasteiger partial charge in [-0.3, -0.25) is 0 Å². The third-order valence-electron chi connectivity index (χ3n) is 3.34. The predicted molar refractivity (Wildman–Crippen MR) is 75.5 cm³/mol. The van der Waals surface area contributed by atoms with Gasteiger partial charge in [-0.25, -0.2) is 0 Å². The topological polar surface area (TPSA) is 18.5 Å². The standard InChI is InChI=1S/C17H14O2/c1-3-13-5-4-6-15(12(13)2)14-7-8-16-17(11-14)19-10-9-18-16/h1,4-8,11H,9-10H2,2H3. The van der Waals surface area contributed by atoms with Crippen LogP contribution in [-0.2, 0) is 0 Å². The third kappa shape index (κ3) is 2.04. The lowest BCUT2D eigenvalue weighted by Gasteiger charge is -2.19. The van der Waals surface area contributed by atoms with Crippen molar-refractivity contribution >= 4 is 0 Å². The second-order valence-corrected chi connectivity index (χ2v) is 4.48. The average molecular weight is 250 g/mol. The minimum atomic E-state index is 0.597. The van der Waals surface area contributed by atoms with Crippen LogP contribution in [0.15, 0.2) is 36.4 Å². The highest BCUT2D eigenvalue weighted by molar-refractivity contribution is 5.72. The zero-order valence-corrected chi connectivity index (χ0v) is 10.8. The molecule has 2 aromatic carbocycles. The molecule has 2 nitrogen and oxygen atoms in total. The molecule has 0 radical (unpaired) electrons. The highest BCUT2D eigenvalue weighted by atomic mass is 16.6. The average Bonchev–Trinajstić information content (AvgIpc) is 2.47. The normalized spacial score (nSPS) is 12.8. The molecule has 0 bridgehead atoms. The molecule has 0 saturated heterocycles. The summed E-state index contributed by atoms with van der Waals surface area (Å²) in [4.78, 5) is 0. The maximum atomic E-state index is 5.62. The fourth-order valence-corrected chi connectivity index (χ4v) is 2.32. The van der Waals surface area contributed by atoms with E-state index in [9.17, 15) is 0 Å². The van der Waals surface area contributed by atoms with Crippen LogP contribution in [0.25, 0.3) is 11.1 Å². The van der Waals surface area contributed by atoms with Gasteiger partial charge in [0.05, 0.1) is 0 Å². The first-order chi connectivity index (χ1) is 9.29. The van der Waals surface area contributed by atoms with Gasteiger partial charge in [-0.2, -0.15) is 0 Å².